The van der Waals surface area contributed by atoms with Crippen LogP contribution in [-0.4, -0.2) is 21.7 Å². The number of hydrogen-bond acceptors (Lipinski definition) is 4. The number of rotatable bonds is 6. The Bertz CT molecular complexity index is 892. The lowest BCUT2D eigenvalue weighted by Crippen LogP contribution is -2.20. The van der Waals surface area contributed by atoms with Crippen LogP contribution in [0.1, 0.15) is 16.8 Å². The topological polar surface area (TPSA) is 70.7 Å². The normalized spacial score (nSPS) is 10.6. The molecule has 0 aliphatic heterocycles. The minimum atomic E-state index is -0.344. The molecule has 0 amide bonds. The highest BCUT2D eigenvalue weighted by atomic mass is 19.1. The number of nitrogens with one attached hydrogen (secondary N) is 2. The number of benzene rings is 2. The summed E-state index contributed by atoms with van der Waals surface area (Å²) < 4.78 is 25.7. The number of halogens is 2. The fraction of sp³-hybridized carbons (Fsp3) is 0.167. The zero-order valence-corrected chi connectivity index (χ0v) is 13.3. The molecule has 0 atom stereocenters. The first-order valence-corrected chi connectivity index (χ1v) is 7.79. The maximum Gasteiger partial charge on any atom is 0.274 e. The predicted molar refractivity (Wildman–Crippen MR) is 90.5 cm³/mol. The van der Waals surface area contributed by atoms with Gasteiger partial charge in [0.05, 0.1) is 0 Å². The first-order valence-electron chi connectivity index (χ1n) is 7.79. The smallest absolute Gasteiger partial charge is 0.274 e. The zero-order chi connectivity index (χ0) is 17.6. The highest BCUT2D eigenvalue weighted by molar-refractivity contribution is 5.26. The molecule has 0 bridgehead atoms. The van der Waals surface area contributed by atoms with Gasteiger partial charge in [-0.25, -0.2) is 8.78 Å². The predicted octanol–water partition coefficient (Wildman–Crippen LogP) is 2.69. The van der Waals surface area contributed by atoms with Gasteiger partial charge in [-0.2, -0.15) is 0 Å². The van der Waals surface area contributed by atoms with Crippen LogP contribution in [0.5, 0.6) is 0 Å². The molecule has 128 valence electrons. The van der Waals surface area contributed by atoms with Gasteiger partial charge in [-0.1, -0.05) is 24.3 Å². The molecule has 0 aliphatic rings. The third-order valence-electron chi connectivity index (χ3n) is 3.67. The molecule has 3 rings (SSSR count). The Morgan fingerprint density at radius 1 is 0.880 bits per heavy atom. The van der Waals surface area contributed by atoms with Gasteiger partial charge in [-0.3, -0.25) is 9.78 Å². The largest absolute Gasteiger partial charge is 0.354 e. The zero-order valence-electron chi connectivity index (χ0n) is 13.3. The van der Waals surface area contributed by atoms with E-state index in [1.165, 1.54) is 24.3 Å². The Morgan fingerprint density at radius 3 is 2.08 bits per heavy atom. The molecule has 5 nitrogen and oxygen atoms in total. The molecule has 0 unspecified atom stereocenters. The molecule has 3 aromatic rings. The van der Waals surface area contributed by atoms with Crippen LogP contribution in [0.15, 0.2) is 53.3 Å². The van der Waals surface area contributed by atoms with Crippen molar-refractivity contribution in [1.29, 1.82) is 0 Å². The van der Waals surface area contributed by atoms with E-state index >= 15 is 0 Å². The maximum atomic E-state index is 12.9. The van der Waals surface area contributed by atoms with E-state index in [1.807, 2.05) is 0 Å². The summed E-state index contributed by atoms with van der Waals surface area (Å²) in [6.07, 6.45) is 0.930. The lowest BCUT2D eigenvalue weighted by Gasteiger charge is -2.06. The molecule has 2 N–H and O–H groups in total. The highest BCUT2D eigenvalue weighted by Crippen LogP contribution is 2.07. The average Bonchev–Trinajstić information content (AvgIpc) is 2.61. The molecule has 0 saturated carbocycles. The first-order chi connectivity index (χ1) is 12.1. The summed E-state index contributed by atoms with van der Waals surface area (Å²) in [5.74, 6) is -0.330. The van der Waals surface area contributed by atoms with Gasteiger partial charge in [0.2, 0.25) is 5.95 Å². The SMILES string of the molecule is O=c1[nH]c(NCCc2ccc(F)cc2)nnc1Cc1ccc(F)cc1. The van der Waals surface area contributed by atoms with Crippen LogP contribution in [0.25, 0.3) is 0 Å². The molecule has 2 aromatic carbocycles. The van der Waals surface area contributed by atoms with Gasteiger partial charge < -0.3 is 5.32 Å². The lowest BCUT2D eigenvalue weighted by atomic mass is 10.1. The van der Waals surface area contributed by atoms with E-state index in [9.17, 15) is 13.6 Å². The number of aromatic amines is 1. The third kappa shape index (κ3) is 4.69. The van der Waals surface area contributed by atoms with E-state index in [4.69, 9.17) is 0 Å². The van der Waals surface area contributed by atoms with Gasteiger partial charge >= 0.3 is 0 Å². The van der Waals surface area contributed by atoms with Crippen LogP contribution in [0.2, 0.25) is 0 Å². The minimum Gasteiger partial charge on any atom is -0.354 e. The molecule has 25 heavy (non-hydrogen) atoms. The quantitative estimate of drug-likeness (QED) is 0.723. The number of hydrogen-bond donors (Lipinski definition) is 2. The maximum absolute atomic E-state index is 12.9. The van der Waals surface area contributed by atoms with Gasteiger partial charge in [0.25, 0.3) is 5.56 Å². The lowest BCUT2D eigenvalue weighted by molar-refractivity contribution is 0.626. The number of H-pyrrole nitrogens is 1. The van der Waals surface area contributed by atoms with Crippen molar-refractivity contribution in [2.45, 2.75) is 12.8 Å². The van der Waals surface area contributed by atoms with Crippen molar-refractivity contribution >= 4 is 5.95 Å². The van der Waals surface area contributed by atoms with Crippen LogP contribution in [-0.2, 0) is 12.8 Å². The monoisotopic (exact) mass is 342 g/mol. The second kappa shape index (κ2) is 7.65. The molecule has 1 heterocycles. The summed E-state index contributed by atoms with van der Waals surface area (Å²) in [5.41, 5.74) is 1.66. The van der Waals surface area contributed by atoms with Gasteiger partial charge in [0.1, 0.15) is 17.3 Å². The van der Waals surface area contributed by atoms with E-state index in [1.54, 1.807) is 24.3 Å². The summed E-state index contributed by atoms with van der Waals surface area (Å²) in [6, 6.07) is 12.1. The second-order valence-electron chi connectivity index (χ2n) is 5.56. The second-order valence-corrected chi connectivity index (χ2v) is 5.56. The van der Waals surface area contributed by atoms with Crippen LogP contribution >= 0.6 is 0 Å². The minimum absolute atomic E-state index is 0.260. The molecule has 0 saturated heterocycles. The number of anilines is 1. The molecule has 0 spiro atoms. The number of aromatic nitrogens is 3. The van der Waals surface area contributed by atoms with Crippen molar-refractivity contribution in [2.75, 3.05) is 11.9 Å². The van der Waals surface area contributed by atoms with Crippen molar-refractivity contribution < 1.29 is 8.78 Å². The van der Waals surface area contributed by atoms with Crippen molar-refractivity contribution in [3.05, 3.63) is 87.3 Å². The Balaban J connectivity index is 1.58. The Labute approximate surface area is 142 Å². The molecule has 0 fully saturated rings. The van der Waals surface area contributed by atoms with E-state index < -0.39 is 0 Å². The van der Waals surface area contributed by atoms with E-state index in [2.05, 4.69) is 20.5 Å². The number of nitrogens with zero attached hydrogens (tertiary/aromatic N) is 2. The van der Waals surface area contributed by atoms with Crippen LogP contribution in [0, 0.1) is 11.6 Å². The Hall–Kier alpha value is -3.09. The summed E-state index contributed by atoms with van der Waals surface area (Å²) in [5, 5.41) is 10.9. The molecular weight excluding hydrogens is 326 g/mol. The summed E-state index contributed by atoms with van der Waals surface area (Å²) >= 11 is 0. The molecule has 0 radical (unpaired) electrons. The third-order valence-corrected chi connectivity index (χ3v) is 3.67. The van der Waals surface area contributed by atoms with Crippen LogP contribution < -0.4 is 10.9 Å². The molecular formula is C18H16F2N4O. The molecule has 7 heteroatoms. The molecule has 0 aliphatic carbocycles. The van der Waals surface area contributed by atoms with Crippen LogP contribution in [0.3, 0.4) is 0 Å². The van der Waals surface area contributed by atoms with Crippen LogP contribution in [0.4, 0.5) is 14.7 Å². The fourth-order valence-corrected chi connectivity index (χ4v) is 2.33. The van der Waals surface area contributed by atoms with E-state index in [0.29, 0.717) is 13.0 Å². The molecule has 1 aromatic heterocycles. The highest BCUT2D eigenvalue weighted by Gasteiger charge is 2.06. The summed E-state index contributed by atoms with van der Waals surface area (Å²) in [4.78, 5) is 14.7. The standard InChI is InChI=1S/C18H16F2N4O/c19-14-5-1-12(2-6-14)9-10-21-18-22-17(25)16(23-24-18)11-13-3-7-15(20)8-4-13/h1-8H,9-11H2,(H2,21,22,24,25). The van der Waals surface area contributed by atoms with Gasteiger partial charge in [-0.15, -0.1) is 10.2 Å². The van der Waals surface area contributed by atoms with Gasteiger partial charge in [0, 0.05) is 13.0 Å². The van der Waals surface area contributed by atoms with Crippen molar-refractivity contribution in [2.24, 2.45) is 0 Å². The van der Waals surface area contributed by atoms with Gasteiger partial charge in [-0.05, 0) is 41.8 Å². The summed E-state index contributed by atoms with van der Waals surface area (Å²) in [6.45, 7) is 0.521. The fourth-order valence-electron chi connectivity index (χ4n) is 2.33. The average molecular weight is 342 g/mol. The Morgan fingerprint density at radius 2 is 1.48 bits per heavy atom. The van der Waals surface area contributed by atoms with Crippen molar-refractivity contribution in [3.63, 3.8) is 0 Å². The van der Waals surface area contributed by atoms with Crippen molar-refractivity contribution in [3.8, 4) is 0 Å². The first kappa shape index (κ1) is 16.8. The van der Waals surface area contributed by atoms with Gasteiger partial charge in [0.15, 0.2) is 0 Å². The Kier molecular flexibility index (Phi) is 5.13. The van der Waals surface area contributed by atoms with E-state index in [-0.39, 0.29) is 35.3 Å². The van der Waals surface area contributed by atoms with E-state index in [0.717, 1.165) is 11.1 Å². The summed E-state index contributed by atoms with van der Waals surface area (Å²) in [7, 11) is 0. The van der Waals surface area contributed by atoms with Crippen molar-refractivity contribution in [1.82, 2.24) is 15.2 Å².